The van der Waals surface area contributed by atoms with Crippen LogP contribution in [0.3, 0.4) is 0 Å². The number of halogens is 2. The lowest BCUT2D eigenvalue weighted by Gasteiger charge is -2.00. The summed E-state index contributed by atoms with van der Waals surface area (Å²) in [6.45, 7) is -2.55. The molecular weight excluding hydrogens is 138 g/mol. The zero-order valence-corrected chi connectivity index (χ0v) is 5.09. The van der Waals surface area contributed by atoms with Crippen LogP contribution in [0.5, 0.6) is 0 Å². The highest BCUT2D eigenvalue weighted by atomic mass is 19.3. The quantitative estimate of drug-likeness (QED) is 0.639. The van der Waals surface area contributed by atoms with Gasteiger partial charge in [-0.1, -0.05) is 6.07 Å². The van der Waals surface area contributed by atoms with Crippen molar-refractivity contribution in [3.05, 3.63) is 24.4 Å². The maximum absolute atomic E-state index is 11.6. The molecule has 0 amide bonds. The lowest BCUT2D eigenvalue weighted by molar-refractivity contribution is 0.181. The van der Waals surface area contributed by atoms with Gasteiger partial charge in [0.1, 0.15) is 5.82 Å². The Morgan fingerprint density at radius 1 is 1.40 bits per heavy atom. The van der Waals surface area contributed by atoms with Gasteiger partial charge in [0, 0.05) is 6.20 Å². The minimum absolute atomic E-state index is 0.192. The molecule has 0 bridgehead atoms. The van der Waals surface area contributed by atoms with Crippen LogP contribution >= 0.6 is 0 Å². The second kappa shape index (κ2) is 3.10. The molecule has 1 heterocycles. The van der Waals surface area contributed by atoms with E-state index in [-0.39, 0.29) is 5.82 Å². The van der Waals surface area contributed by atoms with E-state index in [1.165, 1.54) is 12.3 Å². The van der Waals surface area contributed by atoms with Gasteiger partial charge in [-0.05, 0) is 12.1 Å². The van der Waals surface area contributed by atoms with Crippen LogP contribution in [0.2, 0.25) is 0 Å². The highest BCUT2D eigenvalue weighted by Crippen LogP contribution is 2.03. The monoisotopic (exact) mass is 144 g/mol. The van der Waals surface area contributed by atoms with Gasteiger partial charge in [-0.15, -0.1) is 0 Å². The Morgan fingerprint density at radius 2 is 2.20 bits per heavy atom. The van der Waals surface area contributed by atoms with Crippen LogP contribution in [0.1, 0.15) is 0 Å². The Bertz CT molecular complexity index is 188. The number of hydrogen-bond donors (Lipinski definition) is 1. The molecule has 2 nitrogen and oxygen atoms in total. The molecule has 0 saturated heterocycles. The van der Waals surface area contributed by atoms with E-state index in [0.717, 1.165) is 0 Å². The van der Waals surface area contributed by atoms with Gasteiger partial charge in [0.25, 0.3) is 0 Å². The maximum Gasteiger partial charge on any atom is 0.314 e. The molecule has 0 aliphatic heterocycles. The van der Waals surface area contributed by atoms with E-state index < -0.39 is 6.55 Å². The summed E-state index contributed by atoms with van der Waals surface area (Å²) in [5, 5.41) is 1.86. The highest BCUT2D eigenvalue weighted by molar-refractivity contribution is 5.32. The summed E-state index contributed by atoms with van der Waals surface area (Å²) in [5.74, 6) is 0.192. The molecular formula is C6H6F2N2. The third-order valence-electron chi connectivity index (χ3n) is 0.922. The fraction of sp³-hybridized carbons (Fsp3) is 0.167. The molecule has 54 valence electrons. The van der Waals surface area contributed by atoms with Gasteiger partial charge in [0.05, 0.1) is 0 Å². The molecule has 0 radical (unpaired) electrons. The number of anilines is 1. The topological polar surface area (TPSA) is 24.9 Å². The standard InChI is InChI=1S/C6H6F2N2/c7-6(8)10-5-3-1-2-4-9-5/h1-4,6H,(H,9,10). The molecule has 0 spiro atoms. The van der Waals surface area contributed by atoms with Crippen LogP contribution in [0.4, 0.5) is 14.6 Å². The number of nitrogens with zero attached hydrogens (tertiary/aromatic N) is 1. The average Bonchev–Trinajstić information content (AvgIpc) is 1.88. The van der Waals surface area contributed by atoms with Crippen LogP contribution in [0.25, 0.3) is 0 Å². The first-order chi connectivity index (χ1) is 4.79. The van der Waals surface area contributed by atoms with Crippen molar-refractivity contribution in [2.75, 3.05) is 5.32 Å². The van der Waals surface area contributed by atoms with Crippen molar-refractivity contribution in [2.45, 2.75) is 6.55 Å². The van der Waals surface area contributed by atoms with E-state index in [2.05, 4.69) is 4.98 Å². The zero-order chi connectivity index (χ0) is 7.40. The van der Waals surface area contributed by atoms with Crippen molar-refractivity contribution in [3.8, 4) is 0 Å². The second-order valence-electron chi connectivity index (χ2n) is 1.66. The lowest BCUT2D eigenvalue weighted by atomic mass is 10.5. The van der Waals surface area contributed by atoms with E-state index in [9.17, 15) is 8.78 Å². The first-order valence-electron chi connectivity index (χ1n) is 2.75. The van der Waals surface area contributed by atoms with Crippen molar-refractivity contribution < 1.29 is 8.78 Å². The number of alkyl halides is 2. The number of hydrogen-bond acceptors (Lipinski definition) is 2. The fourth-order valence-electron chi connectivity index (χ4n) is 0.560. The SMILES string of the molecule is FC(F)Nc1ccccn1. The number of nitrogens with one attached hydrogen (secondary N) is 1. The molecule has 0 aromatic carbocycles. The van der Waals surface area contributed by atoms with Gasteiger partial charge in [-0.25, -0.2) is 4.98 Å². The number of pyridine rings is 1. The average molecular weight is 144 g/mol. The van der Waals surface area contributed by atoms with Crippen LogP contribution in [-0.2, 0) is 0 Å². The van der Waals surface area contributed by atoms with Crippen molar-refractivity contribution in [3.63, 3.8) is 0 Å². The summed E-state index contributed by atoms with van der Waals surface area (Å²) >= 11 is 0. The van der Waals surface area contributed by atoms with E-state index in [1.54, 1.807) is 12.1 Å². The molecule has 1 aromatic rings. The summed E-state index contributed by atoms with van der Waals surface area (Å²) < 4.78 is 23.1. The first-order valence-corrected chi connectivity index (χ1v) is 2.75. The maximum atomic E-state index is 11.6. The first kappa shape index (κ1) is 6.92. The summed E-state index contributed by atoms with van der Waals surface area (Å²) in [6.07, 6.45) is 1.45. The molecule has 10 heavy (non-hydrogen) atoms. The predicted molar refractivity (Wildman–Crippen MR) is 33.9 cm³/mol. The molecule has 0 aliphatic carbocycles. The highest BCUT2D eigenvalue weighted by Gasteiger charge is 1.99. The van der Waals surface area contributed by atoms with Crippen LogP contribution in [-0.4, -0.2) is 11.5 Å². The molecule has 4 heteroatoms. The van der Waals surface area contributed by atoms with Gasteiger partial charge in [0.15, 0.2) is 0 Å². The van der Waals surface area contributed by atoms with Crippen LogP contribution < -0.4 is 5.32 Å². The van der Waals surface area contributed by atoms with Gasteiger partial charge < -0.3 is 5.32 Å². The third kappa shape index (κ3) is 1.97. The molecule has 0 aliphatic rings. The van der Waals surface area contributed by atoms with Crippen molar-refractivity contribution in [1.29, 1.82) is 0 Å². The van der Waals surface area contributed by atoms with Crippen molar-refractivity contribution >= 4 is 5.82 Å². The lowest BCUT2D eigenvalue weighted by Crippen LogP contribution is -2.07. The third-order valence-corrected chi connectivity index (χ3v) is 0.922. The Balaban J connectivity index is 2.59. The molecule has 1 N–H and O–H groups in total. The van der Waals surface area contributed by atoms with E-state index in [1.807, 2.05) is 5.32 Å². The largest absolute Gasteiger partial charge is 0.314 e. The summed E-state index contributed by atoms with van der Waals surface area (Å²) in [5.41, 5.74) is 0. The van der Waals surface area contributed by atoms with Gasteiger partial charge in [0.2, 0.25) is 0 Å². The minimum atomic E-state index is -2.55. The van der Waals surface area contributed by atoms with Gasteiger partial charge in [-0.2, -0.15) is 8.78 Å². The Labute approximate surface area is 56.9 Å². The smallest absolute Gasteiger partial charge is 0.314 e. The Hall–Kier alpha value is -1.19. The van der Waals surface area contributed by atoms with Crippen molar-refractivity contribution in [1.82, 2.24) is 4.98 Å². The fourth-order valence-corrected chi connectivity index (χ4v) is 0.560. The molecule has 0 fully saturated rings. The van der Waals surface area contributed by atoms with E-state index >= 15 is 0 Å². The molecule has 0 saturated carbocycles. The van der Waals surface area contributed by atoms with E-state index in [0.29, 0.717) is 0 Å². The zero-order valence-electron chi connectivity index (χ0n) is 5.09. The summed E-state index contributed by atoms with van der Waals surface area (Å²) in [7, 11) is 0. The predicted octanol–water partition coefficient (Wildman–Crippen LogP) is 1.72. The van der Waals surface area contributed by atoms with Crippen LogP contribution in [0.15, 0.2) is 24.4 Å². The normalized spacial score (nSPS) is 9.90. The molecule has 0 unspecified atom stereocenters. The molecule has 1 aromatic heterocycles. The van der Waals surface area contributed by atoms with E-state index in [4.69, 9.17) is 0 Å². The minimum Gasteiger partial charge on any atom is -0.314 e. The number of aromatic nitrogens is 1. The molecule has 0 atom stereocenters. The summed E-state index contributed by atoms with van der Waals surface area (Å²) in [6, 6.07) is 4.78. The van der Waals surface area contributed by atoms with Crippen molar-refractivity contribution in [2.24, 2.45) is 0 Å². The van der Waals surface area contributed by atoms with Crippen LogP contribution in [0, 0.1) is 0 Å². The second-order valence-corrected chi connectivity index (χ2v) is 1.66. The Kier molecular flexibility index (Phi) is 2.15. The molecule has 1 rings (SSSR count). The summed E-state index contributed by atoms with van der Waals surface area (Å²) in [4.78, 5) is 3.63. The van der Waals surface area contributed by atoms with Gasteiger partial charge >= 0.3 is 6.55 Å². The number of rotatable bonds is 2. The van der Waals surface area contributed by atoms with Gasteiger partial charge in [-0.3, -0.25) is 0 Å². The Morgan fingerprint density at radius 3 is 2.70 bits per heavy atom.